The Morgan fingerprint density at radius 1 is 1.13 bits per heavy atom. The van der Waals surface area contributed by atoms with Crippen LogP contribution < -0.4 is 29.9 Å². The van der Waals surface area contributed by atoms with Gasteiger partial charge in [0, 0.05) is 68.5 Å². The van der Waals surface area contributed by atoms with Crippen LogP contribution in [0.25, 0.3) is 17.0 Å². The number of nitrogens with zero attached hydrogens (tertiary/aromatic N) is 4. The summed E-state index contributed by atoms with van der Waals surface area (Å²) in [5.41, 5.74) is 3.28. The number of nitrogens with one attached hydrogen (secondary N) is 2. The lowest BCUT2D eigenvalue weighted by atomic mass is 9.97. The molecular formula is C35H41FN6O5. The number of likely N-dealkylation sites (N-methyl/N-ethyl adjacent to an activating group) is 1. The van der Waals surface area contributed by atoms with Crippen LogP contribution in [-0.2, 0) is 4.79 Å². The number of piperazine rings is 1. The van der Waals surface area contributed by atoms with Crippen molar-refractivity contribution in [1.82, 2.24) is 9.88 Å². The smallest absolute Gasteiger partial charge is 0.247 e. The van der Waals surface area contributed by atoms with Gasteiger partial charge in [0.1, 0.15) is 17.7 Å². The molecule has 0 bridgehead atoms. The average Bonchev–Trinajstić information content (AvgIpc) is 3.47. The van der Waals surface area contributed by atoms with E-state index in [0.717, 1.165) is 38.4 Å². The highest BCUT2D eigenvalue weighted by Gasteiger charge is 2.31. The molecule has 1 aliphatic rings. The predicted octanol–water partition coefficient (Wildman–Crippen LogP) is 5.78. The molecule has 0 saturated carbocycles. The largest absolute Gasteiger partial charge is 0.496 e. The van der Waals surface area contributed by atoms with E-state index in [4.69, 9.17) is 13.9 Å². The topological polar surface area (TPSA) is 116 Å². The van der Waals surface area contributed by atoms with Gasteiger partial charge in [-0.3, -0.25) is 4.79 Å². The van der Waals surface area contributed by atoms with Crippen molar-refractivity contribution in [3.63, 3.8) is 0 Å². The van der Waals surface area contributed by atoms with Crippen molar-refractivity contribution < 1.29 is 28.2 Å². The summed E-state index contributed by atoms with van der Waals surface area (Å²) >= 11 is 0. The number of furan rings is 1. The molecule has 1 unspecified atom stereocenters. The summed E-state index contributed by atoms with van der Waals surface area (Å²) in [6.07, 6.45) is 2.63. The Bertz CT molecular complexity index is 1800. The van der Waals surface area contributed by atoms with Crippen molar-refractivity contribution in [1.29, 1.82) is 0 Å². The van der Waals surface area contributed by atoms with Crippen LogP contribution in [0.2, 0.25) is 0 Å². The third-order valence-electron chi connectivity index (χ3n) is 8.35. The van der Waals surface area contributed by atoms with Gasteiger partial charge in [-0.25, -0.2) is 9.37 Å². The van der Waals surface area contributed by atoms with E-state index in [2.05, 4.69) is 45.5 Å². The molecule has 1 fully saturated rings. The number of methoxy groups -OCH3 is 2. The van der Waals surface area contributed by atoms with Gasteiger partial charge in [0.25, 0.3) is 0 Å². The highest BCUT2D eigenvalue weighted by Crippen LogP contribution is 2.44. The minimum absolute atomic E-state index is 0.0919. The van der Waals surface area contributed by atoms with Crippen LogP contribution in [0.3, 0.4) is 0 Å². The third-order valence-corrected chi connectivity index (χ3v) is 8.35. The molecular weight excluding hydrogens is 603 g/mol. The minimum Gasteiger partial charge on any atom is -0.496 e. The number of aromatic nitrogens is 1. The molecule has 0 spiro atoms. The molecule has 12 heteroatoms. The third kappa shape index (κ3) is 6.60. The zero-order valence-electron chi connectivity index (χ0n) is 27.4. The number of amides is 1. The van der Waals surface area contributed by atoms with E-state index in [1.165, 1.54) is 38.6 Å². The summed E-state index contributed by atoms with van der Waals surface area (Å²) in [5, 5.41) is 18.5. The molecule has 1 saturated heterocycles. The van der Waals surface area contributed by atoms with Crippen molar-refractivity contribution in [3.05, 3.63) is 78.5 Å². The van der Waals surface area contributed by atoms with Crippen molar-refractivity contribution in [2.24, 2.45) is 0 Å². The van der Waals surface area contributed by atoms with Gasteiger partial charge >= 0.3 is 0 Å². The summed E-state index contributed by atoms with van der Waals surface area (Å²) < 4.78 is 32.5. The van der Waals surface area contributed by atoms with Crippen molar-refractivity contribution in [2.45, 2.75) is 13.0 Å². The van der Waals surface area contributed by atoms with Gasteiger partial charge in [-0.2, -0.15) is 0 Å². The number of pyridine rings is 1. The van der Waals surface area contributed by atoms with E-state index >= 15 is 4.39 Å². The van der Waals surface area contributed by atoms with Crippen LogP contribution in [0.4, 0.5) is 33.0 Å². The molecule has 0 aliphatic carbocycles. The van der Waals surface area contributed by atoms with Crippen LogP contribution in [0.5, 0.6) is 11.5 Å². The molecule has 1 atom stereocenters. The van der Waals surface area contributed by atoms with E-state index in [-0.39, 0.29) is 34.3 Å². The maximum Gasteiger partial charge on any atom is 0.247 e. The Morgan fingerprint density at radius 2 is 1.85 bits per heavy atom. The van der Waals surface area contributed by atoms with E-state index in [1.807, 2.05) is 18.2 Å². The van der Waals surface area contributed by atoms with Gasteiger partial charge < -0.3 is 44.3 Å². The summed E-state index contributed by atoms with van der Waals surface area (Å²) in [4.78, 5) is 23.4. The number of benzene rings is 2. The van der Waals surface area contributed by atoms with E-state index in [9.17, 15) is 9.90 Å². The number of ether oxygens (including phenoxy) is 2. The average molecular weight is 645 g/mol. The fourth-order valence-electron chi connectivity index (χ4n) is 5.88. The van der Waals surface area contributed by atoms with E-state index in [0.29, 0.717) is 33.8 Å². The standard InChI is InChI=1S/C35H41FN6O5/c1-8-22-26(45-6)19-27(46-7)32(36)31(22)34(44)35-33(40(4)5)23-18-29(37-20-28(23)47-35)38-24-12-11-21(17-25(24)39-30(43)9-2)42-15-13-41(10-3)14-16-42/h8-9,11-12,17-20,34,44H,1-2,10,13-16H2,3-7H3,(H,37,38)(H,39,43). The second kappa shape index (κ2) is 14.1. The minimum atomic E-state index is -1.54. The number of anilines is 5. The molecule has 2 aromatic carbocycles. The number of rotatable bonds is 12. The predicted molar refractivity (Wildman–Crippen MR) is 185 cm³/mol. The lowest BCUT2D eigenvalue weighted by Gasteiger charge is -2.35. The van der Waals surface area contributed by atoms with Crippen LogP contribution in [0, 0.1) is 5.82 Å². The molecule has 47 heavy (non-hydrogen) atoms. The SMILES string of the molecule is C=CC(=O)Nc1cc(N2CCN(CC)CC2)ccc1Nc1cc2c(N(C)C)c(C(O)c3c(F)c(OC)cc(OC)c3C=C)oc2cn1. The molecule has 1 aliphatic heterocycles. The maximum atomic E-state index is 15.7. The first-order chi connectivity index (χ1) is 22.6. The molecule has 4 aromatic rings. The fourth-order valence-corrected chi connectivity index (χ4v) is 5.88. The maximum absolute atomic E-state index is 15.7. The van der Waals surface area contributed by atoms with E-state index < -0.39 is 11.9 Å². The summed E-state index contributed by atoms with van der Waals surface area (Å²) in [6.45, 7) is 14.3. The number of aliphatic hydroxyl groups is 1. The van der Waals surface area contributed by atoms with Gasteiger partial charge in [0.15, 0.2) is 22.9 Å². The van der Waals surface area contributed by atoms with Gasteiger partial charge in [-0.1, -0.05) is 26.2 Å². The highest BCUT2D eigenvalue weighted by atomic mass is 19.1. The van der Waals surface area contributed by atoms with Gasteiger partial charge in [-0.15, -0.1) is 0 Å². The number of fused-ring (bicyclic) bond motifs is 1. The van der Waals surface area contributed by atoms with Crippen LogP contribution in [0.1, 0.15) is 29.9 Å². The number of carbonyl (C=O) groups excluding carboxylic acids is 1. The summed E-state index contributed by atoms with van der Waals surface area (Å²) in [6, 6.07) is 9.03. The Balaban J connectivity index is 1.54. The highest BCUT2D eigenvalue weighted by molar-refractivity contribution is 6.02. The number of aliphatic hydroxyl groups excluding tert-OH is 1. The van der Waals surface area contributed by atoms with E-state index in [1.54, 1.807) is 25.1 Å². The monoisotopic (exact) mass is 644 g/mol. The first kappa shape index (κ1) is 33.3. The molecule has 0 radical (unpaired) electrons. The number of halogens is 1. The van der Waals surface area contributed by atoms with Gasteiger partial charge in [-0.05, 0) is 36.9 Å². The lowest BCUT2D eigenvalue weighted by molar-refractivity contribution is -0.111. The first-order valence-electron chi connectivity index (χ1n) is 15.3. The Labute approximate surface area is 273 Å². The zero-order valence-corrected chi connectivity index (χ0v) is 27.4. The second-order valence-corrected chi connectivity index (χ2v) is 11.3. The molecule has 3 heterocycles. The number of hydrogen-bond donors (Lipinski definition) is 3. The second-order valence-electron chi connectivity index (χ2n) is 11.3. The normalized spacial score (nSPS) is 14.1. The Kier molecular flexibility index (Phi) is 10.0. The van der Waals surface area contributed by atoms with Crippen LogP contribution >= 0.6 is 0 Å². The number of hydrogen-bond acceptors (Lipinski definition) is 10. The Hall–Kier alpha value is -5.07. The molecule has 5 rings (SSSR count). The van der Waals surface area contributed by atoms with Crippen LogP contribution in [0.15, 0.2) is 60.2 Å². The Morgan fingerprint density at radius 3 is 2.47 bits per heavy atom. The summed E-state index contributed by atoms with van der Waals surface area (Å²) in [7, 11) is 6.38. The van der Waals surface area contributed by atoms with Crippen molar-refractivity contribution >= 4 is 51.5 Å². The molecule has 3 N–H and O–H groups in total. The quantitative estimate of drug-likeness (QED) is 0.164. The first-order valence-corrected chi connectivity index (χ1v) is 15.3. The molecule has 1 amide bonds. The molecule has 11 nitrogen and oxygen atoms in total. The van der Waals surface area contributed by atoms with Crippen molar-refractivity contribution in [3.8, 4) is 11.5 Å². The number of carbonyl (C=O) groups is 1. The van der Waals surface area contributed by atoms with Gasteiger partial charge in [0.05, 0.1) is 37.5 Å². The molecule has 248 valence electrons. The fraction of sp³-hybridized carbons (Fsp3) is 0.314. The van der Waals surface area contributed by atoms with Crippen molar-refractivity contribution in [2.75, 3.05) is 81.5 Å². The van der Waals surface area contributed by atoms with Gasteiger partial charge in [0.2, 0.25) is 5.91 Å². The molecule has 2 aromatic heterocycles. The lowest BCUT2D eigenvalue weighted by Crippen LogP contribution is -2.46. The zero-order chi connectivity index (χ0) is 33.8. The van der Waals surface area contributed by atoms with Crippen LogP contribution in [-0.4, -0.2) is 81.9 Å². The summed E-state index contributed by atoms with van der Waals surface area (Å²) in [5.74, 6) is -0.337.